The van der Waals surface area contributed by atoms with Crippen molar-refractivity contribution in [1.29, 1.82) is 0 Å². The number of aryl methyl sites for hydroxylation is 1. The number of nitrogens with two attached hydrogens (primary N) is 1. The topological polar surface area (TPSA) is 89.6 Å². The fourth-order valence-electron chi connectivity index (χ4n) is 2.82. The molecule has 0 bridgehead atoms. The highest BCUT2D eigenvalue weighted by atomic mass is 19.1. The van der Waals surface area contributed by atoms with Gasteiger partial charge in [-0.05, 0) is 24.3 Å². The minimum atomic E-state index is -0.426. The van der Waals surface area contributed by atoms with E-state index in [1.165, 1.54) is 10.7 Å². The molecule has 25 heavy (non-hydrogen) atoms. The van der Waals surface area contributed by atoms with Crippen LogP contribution in [0.3, 0.4) is 0 Å². The van der Waals surface area contributed by atoms with Crippen molar-refractivity contribution in [3.8, 4) is 22.6 Å². The van der Waals surface area contributed by atoms with Crippen molar-refractivity contribution in [2.24, 2.45) is 7.05 Å². The van der Waals surface area contributed by atoms with E-state index in [0.717, 1.165) is 0 Å². The maximum Gasteiger partial charge on any atom is 0.259 e. The van der Waals surface area contributed by atoms with Gasteiger partial charge < -0.3 is 10.7 Å². The van der Waals surface area contributed by atoms with Crippen molar-refractivity contribution in [2.45, 2.75) is 0 Å². The fraction of sp³-hybridized carbons (Fsp3) is 0.0556. The lowest BCUT2D eigenvalue weighted by molar-refractivity contribution is 0.630. The van der Waals surface area contributed by atoms with Crippen molar-refractivity contribution in [3.63, 3.8) is 0 Å². The number of H-pyrrole nitrogens is 1. The molecule has 2 heterocycles. The third kappa shape index (κ3) is 2.37. The fourth-order valence-corrected chi connectivity index (χ4v) is 2.82. The molecule has 0 radical (unpaired) electrons. The lowest BCUT2D eigenvalue weighted by atomic mass is 10.1. The quantitative estimate of drug-likeness (QED) is 0.589. The molecule has 0 fully saturated rings. The van der Waals surface area contributed by atoms with Crippen LogP contribution in [-0.2, 0) is 7.05 Å². The Hall–Kier alpha value is -3.48. The monoisotopic (exact) mass is 335 g/mol. The molecule has 0 saturated carbocycles. The van der Waals surface area contributed by atoms with Crippen LogP contribution in [0.4, 0.5) is 10.2 Å². The molecule has 3 N–H and O–H groups in total. The summed E-state index contributed by atoms with van der Waals surface area (Å²) in [5.74, 6) is 0.120. The number of hydrogen-bond acceptors (Lipinski definition) is 4. The Kier molecular flexibility index (Phi) is 3.35. The maximum absolute atomic E-state index is 14.3. The Morgan fingerprint density at radius 2 is 1.84 bits per heavy atom. The van der Waals surface area contributed by atoms with Crippen molar-refractivity contribution in [3.05, 3.63) is 64.7 Å². The van der Waals surface area contributed by atoms with Gasteiger partial charge in [0.15, 0.2) is 0 Å². The lowest BCUT2D eigenvalue weighted by Gasteiger charge is -2.06. The number of nitrogen functional groups attached to an aromatic ring is 1. The Morgan fingerprint density at radius 3 is 2.64 bits per heavy atom. The van der Waals surface area contributed by atoms with Crippen LogP contribution < -0.4 is 11.3 Å². The second-order valence-corrected chi connectivity index (χ2v) is 5.64. The predicted molar refractivity (Wildman–Crippen MR) is 94.4 cm³/mol. The zero-order valence-corrected chi connectivity index (χ0v) is 13.3. The van der Waals surface area contributed by atoms with Crippen LogP contribution in [-0.4, -0.2) is 19.7 Å². The number of fused-ring (bicyclic) bond motifs is 1. The minimum Gasteiger partial charge on any atom is -0.383 e. The van der Waals surface area contributed by atoms with Crippen LogP contribution in [0.15, 0.2) is 53.3 Å². The zero-order valence-electron chi connectivity index (χ0n) is 13.3. The molecule has 7 heteroatoms. The molecule has 4 rings (SSSR count). The van der Waals surface area contributed by atoms with Crippen molar-refractivity contribution in [2.75, 3.05) is 5.73 Å². The van der Waals surface area contributed by atoms with Gasteiger partial charge in [-0.1, -0.05) is 24.3 Å². The molecule has 0 amide bonds. The standard InChI is InChI=1S/C18H14FN5O/c1-24-16(20)14(15(23-24)10-6-2-4-8-12(10)19)17-21-13-9-5-3-7-11(13)18(25)22-17/h2-9H,20H2,1H3,(H,21,22,25). The van der Waals surface area contributed by atoms with Gasteiger partial charge in [0.05, 0.1) is 16.5 Å². The molecule has 0 aliphatic carbocycles. The van der Waals surface area contributed by atoms with Gasteiger partial charge in [-0.2, -0.15) is 5.10 Å². The Bertz CT molecular complexity index is 1160. The molecule has 4 aromatic rings. The van der Waals surface area contributed by atoms with Gasteiger partial charge in [0.2, 0.25) is 0 Å². The molecular weight excluding hydrogens is 321 g/mol. The summed E-state index contributed by atoms with van der Waals surface area (Å²) >= 11 is 0. The van der Waals surface area contributed by atoms with E-state index < -0.39 is 5.82 Å². The van der Waals surface area contributed by atoms with Crippen LogP contribution in [0.25, 0.3) is 33.5 Å². The third-order valence-corrected chi connectivity index (χ3v) is 4.07. The average Bonchev–Trinajstić information content (AvgIpc) is 2.90. The summed E-state index contributed by atoms with van der Waals surface area (Å²) in [5, 5.41) is 4.79. The van der Waals surface area contributed by atoms with E-state index >= 15 is 0 Å². The molecule has 0 unspecified atom stereocenters. The molecule has 124 valence electrons. The molecule has 0 atom stereocenters. The van der Waals surface area contributed by atoms with Gasteiger partial charge in [-0.3, -0.25) is 9.48 Å². The average molecular weight is 335 g/mol. The number of nitrogens with one attached hydrogen (secondary N) is 1. The van der Waals surface area contributed by atoms with E-state index in [0.29, 0.717) is 27.7 Å². The number of anilines is 1. The van der Waals surface area contributed by atoms with E-state index in [9.17, 15) is 9.18 Å². The lowest BCUT2D eigenvalue weighted by Crippen LogP contribution is -2.10. The van der Waals surface area contributed by atoms with Crippen LogP contribution in [0.5, 0.6) is 0 Å². The highest BCUT2D eigenvalue weighted by molar-refractivity contribution is 5.87. The highest BCUT2D eigenvalue weighted by Crippen LogP contribution is 2.35. The Labute approximate surface area is 141 Å². The van der Waals surface area contributed by atoms with Crippen LogP contribution in [0.1, 0.15) is 0 Å². The Morgan fingerprint density at radius 1 is 1.12 bits per heavy atom. The first-order chi connectivity index (χ1) is 12.1. The SMILES string of the molecule is Cn1nc(-c2ccccc2F)c(-c2nc3ccccc3c(=O)[nH]2)c1N. The number of benzene rings is 2. The summed E-state index contributed by atoms with van der Waals surface area (Å²) in [5.41, 5.74) is 7.40. The van der Waals surface area contributed by atoms with Crippen molar-refractivity contribution >= 4 is 16.7 Å². The van der Waals surface area contributed by atoms with Crippen LogP contribution in [0.2, 0.25) is 0 Å². The summed E-state index contributed by atoms with van der Waals surface area (Å²) in [6.45, 7) is 0. The van der Waals surface area contributed by atoms with E-state index in [-0.39, 0.29) is 17.2 Å². The molecular formula is C18H14FN5O. The van der Waals surface area contributed by atoms with Gasteiger partial charge in [0.25, 0.3) is 5.56 Å². The summed E-state index contributed by atoms with van der Waals surface area (Å²) in [6, 6.07) is 13.3. The first-order valence-corrected chi connectivity index (χ1v) is 7.63. The van der Waals surface area contributed by atoms with Gasteiger partial charge in [-0.15, -0.1) is 0 Å². The normalized spacial score (nSPS) is 11.1. The summed E-state index contributed by atoms with van der Waals surface area (Å²) < 4.78 is 15.7. The van der Waals surface area contributed by atoms with Crippen LogP contribution in [0, 0.1) is 5.82 Å². The second kappa shape index (κ2) is 5.55. The summed E-state index contributed by atoms with van der Waals surface area (Å²) in [4.78, 5) is 19.6. The van der Waals surface area contributed by atoms with E-state index in [1.807, 2.05) is 0 Å². The second-order valence-electron chi connectivity index (χ2n) is 5.64. The predicted octanol–water partition coefficient (Wildman–Crippen LogP) is 2.71. The Balaban J connectivity index is 2.04. The number of aromatic amines is 1. The molecule has 0 saturated heterocycles. The minimum absolute atomic E-state index is 0.257. The third-order valence-electron chi connectivity index (χ3n) is 4.07. The molecule has 0 aliphatic heterocycles. The summed E-state index contributed by atoms with van der Waals surface area (Å²) in [7, 11) is 1.66. The van der Waals surface area contributed by atoms with Crippen LogP contribution >= 0.6 is 0 Å². The number of rotatable bonds is 2. The number of aromatic nitrogens is 4. The van der Waals surface area contributed by atoms with Gasteiger partial charge in [0, 0.05) is 12.6 Å². The van der Waals surface area contributed by atoms with Crippen molar-refractivity contribution in [1.82, 2.24) is 19.7 Å². The first-order valence-electron chi connectivity index (χ1n) is 7.63. The van der Waals surface area contributed by atoms with E-state index in [2.05, 4.69) is 15.1 Å². The largest absolute Gasteiger partial charge is 0.383 e. The van der Waals surface area contributed by atoms with Gasteiger partial charge >= 0.3 is 0 Å². The molecule has 0 spiro atoms. The van der Waals surface area contributed by atoms with Gasteiger partial charge in [-0.25, -0.2) is 9.37 Å². The first kappa shape index (κ1) is 15.1. The molecule has 2 aromatic heterocycles. The number of nitrogens with zero attached hydrogens (tertiary/aromatic N) is 3. The number of para-hydroxylation sites is 1. The molecule has 6 nitrogen and oxygen atoms in total. The van der Waals surface area contributed by atoms with Gasteiger partial charge in [0.1, 0.15) is 23.2 Å². The maximum atomic E-state index is 14.3. The number of halogens is 1. The molecule has 0 aliphatic rings. The van der Waals surface area contributed by atoms with E-state index in [1.54, 1.807) is 49.5 Å². The van der Waals surface area contributed by atoms with Crippen molar-refractivity contribution < 1.29 is 4.39 Å². The zero-order chi connectivity index (χ0) is 17.6. The number of hydrogen-bond donors (Lipinski definition) is 2. The van der Waals surface area contributed by atoms with E-state index in [4.69, 9.17) is 5.73 Å². The smallest absolute Gasteiger partial charge is 0.259 e. The summed E-state index contributed by atoms with van der Waals surface area (Å²) in [6.07, 6.45) is 0. The molecule has 2 aromatic carbocycles. The highest BCUT2D eigenvalue weighted by Gasteiger charge is 2.22.